The molecule has 3 aromatic rings. The SMILES string of the molecule is COc1cc(-c2ccnc(N3CCN(S(=O)(=O)c4ccccc4C#N)CC3)n2)cc(OC)c1OC. The second kappa shape index (κ2) is 10.2. The van der Waals surface area contributed by atoms with Gasteiger partial charge in [-0.15, -0.1) is 0 Å². The molecule has 1 aliphatic rings. The van der Waals surface area contributed by atoms with Crippen molar-refractivity contribution in [2.24, 2.45) is 0 Å². The maximum Gasteiger partial charge on any atom is 0.244 e. The van der Waals surface area contributed by atoms with Crippen LogP contribution >= 0.6 is 0 Å². The zero-order chi connectivity index (χ0) is 25.0. The number of rotatable bonds is 7. The van der Waals surface area contributed by atoms with Gasteiger partial charge >= 0.3 is 0 Å². The molecule has 0 spiro atoms. The molecule has 10 nitrogen and oxygen atoms in total. The fraction of sp³-hybridized carbons (Fsp3) is 0.292. The third-order valence-electron chi connectivity index (χ3n) is 5.75. The summed E-state index contributed by atoms with van der Waals surface area (Å²) in [7, 11) is 0.865. The first-order chi connectivity index (χ1) is 16.9. The van der Waals surface area contributed by atoms with Crippen LogP contribution in [-0.2, 0) is 10.0 Å². The molecule has 0 unspecified atom stereocenters. The van der Waals surface area contributed by atoms with Gasteiger partial charge < -0.3 is 19.1 Å². The standard InChI is InChI=1S/C24H25N5O5S/c1-32-20-14-18(15-21(33-2)23(20)34-3)19-8-9-26-24(27-19)28-10-12-29(13-11-28)35(30,31)22-7-5-4-6-17(22)16-25/h4-9,14-15H,10-13H2,1-3H3. The van der Waals surface area contributed by atoms with E-state index in [1.54, 1.807) is 45.7 Å². The molecule has 11 heteroatoms. The monoisotopic (exact) mass is 495 g/mol. The average molecular weight is 496 g/mol. The number of ether oxygens (including phenoxy) is 3. The molecular formula is C24H25N5O5S. The smallest absolute Gasteiger partial charge is 0.244 e. The predicted octanol–water partition coefficient (Wildman–Crippen LogP) is 2.55. The molecule has 4 rings (SSSR count). The Bertz CT molecular complexity index is 1340. The van der Waals surface area contributed by atoms with Gasteiger partial charge in [-0.2, -0.15) is 9.57 Å². The van der Waals surface area contributed by atoms with Crippen LogP contribution in [0.5, 0.6) is 17.2 Å². The molecule has 0 amide bonds. The lowest BCUT2D eigenvalue weighted by atomic mass is 10.1. The highest BCUT2D eigenvalue weighted by atomic mass is 32.2. The molecule has 1 fully saturated rings. The van der Waals surface area contributed by atoms with E-state index in [2.05, 4.69) is 4.98 Å². The van der Waals surface area contributed by atoms with Crippen LogP contribution in [-0.4, -0.2) is 70.2 Å². The van der Waals surface area contributed by atoms with Crippen LogP contribution in [0.4, 0.5) is 5.95 Å². The molecule has 35 heavy (non-hydrogen) atoms. The second-order valence-corrected chi connectivity index (χ2v) is 9.56. The summed E-state index contributed by atoms with van der Waals surface area (Å²) in [5.74, 6) is 2.01. The number of sulfonamides is 1. The Labute approximate surface area is 204 Å². The van der Waals surface area contributed by atoms with Gasteiger partial charge in [0, 0.05) is 37.9 Å². The van der Waals surface area contributed by atoms with Crippen molar-refractivity contribution < 1.29 is 22.6 Å². The summed E-state index contributed by atoms with van der Waals surface area (Å²) < 4.78 is 43.9. The van der Waals surface area contributed by atoms with Crippen molar-refractivity contribution in [1.29, 1.82) is 5.26 Å². The molecule has 0 aliphatic carbocycles. The van der Waals surface area contributed by atoms with Crippen LogP contribution in [0.15, 0.2) is 53.6 Å². The Kier molecular flexibility index (Phi) is 7.04. The Hall–Kier alpha value is -3.88. The normalized spacial score (nSPS) is 14.3. The van der Waals surface area contributed by atoms with Crippen LogP contribution in [0.3, 0.4) is 0 Å². The minimum absolute atomic E-state index is 0.0246. The van der Waals surface area contributed by atoms with E-state index in [1.807, 2.05) is 23.1 Å². The van der Waals surface area contributed by atoms with Crippen molar-refractivity contribution in [3.8, 4) is 34.6 Å². The maximum atomic E-state index is 13.1. The quantitative estimate of drug-likeness (QED) is 0.487. The molecular weight excluding hydrogens is 470 g/mol. The summed E-state index contributed by atoms with van der Waals surface area (Å²) in [4.78, 5) is 11.1. The van der Waals surface area contributed by atoms with E-state index >= 15 is 0 Å². The second-order valence-electron chi connectivity index (χ2n) is 7.65. The van der Waals surface area contributed by atoms with Gasteiger partial charge in [-0.05, 0) is 30.3 Å². The Morgan fingerprint density at radius 3 is 2.20 bits per heavy atom. The van der Waals surface area contributed by atoms with Crippen molar-refractivity contribution in [2.75, 3.05) is 52.4 Å². The van der Waals surface area contributed by atoms with Gasteiger partial charge in [0.1, 0.15) is 6.07 Å². The zero-order valence-corrected chi connectivity index (χ0v) is 20.4. The number of anilines is 1. The molecule has 2 aromatic carbocycles. The highest BCUT2D eigenvalue weighted by molar-refractivity contribution is 7.89. The summed E-state index contributed by atoms with van der Waals surface area (Å²) in [6.45, 7) is 1.32. The highest BCUT2D eigenvalue weighted by Gasteiger charge is 2.31. The van der Waals surface area contributed by atoms with Crippen molar-refractivity contribution in [2.45, 2.75) is 4.90 Å². The molecule has 1 aliphatic heterocycles. The van der Waals surface area contributed by atoms with E-state index in [0.717, 1.165) is 5.56 Å². The summed E-state index contributed by atoms with van der Waals surface area (Å²) in [5.41, 5.74) is 1.56. The van der Waals surface area contributed by atoms with Crippen LogP contribution in [0, 0.1) is 11.3 Å². The van der Waals surface area contributed by atoms with Crippen molar-refractivity contribution in [3.05, 3.63) is 54.2 Å². The minimum atomic E-state index is -3.78. The summed E-state index contributed by atoms with van der Waals surface area (Å²) in [6, 6.07) is 13.6. The van der Waals surface area contributed by atoms with Crippen LogP contribution in [0.25, 0.3) is 11.3 Å². The van der Waals surface area contributed by atoms with Crippen molar-refractivity contribution >= 4 is 16.0 Å². The Morgan fingerprint density at radius 1 is 0.943 bits per heavy atom. The third kappa shape index (κ3) is 4.71. The van der Waals surface area contributed by atoms with Gasteiger partial charge in [0.15, 0.2) is 11.5 Å². The molecule has 0 atom stereocenters. The van der Waals surface area contributed by atoms with Crippen molar-refractivity contribution in [3.63, 3.8) is 0 Å². The van der Waals surface area contributed by atoms with Crippen LogP contribution in [0.1, 0.15) is 5.56 Å². The summed E-state index contributed by atoms with van der Waals surface area (Å²) in [5, 5.41) is 9.31. The van der Waals surface area contributed by atoms with Gasteiger partial charge in [-0.3, -0.25) is 0 Å². The lowest BCUT2D eigenvalue weighted by Gasteiger charge is -2.34. The molecule has 1 saturated heterocycles. The first kappa shape index (κ1) is 24.3. The fourth-order valence-electron chi connectivity index (χ4n) is 3.94. The topological polar surface area (TPSA) is 118 Å². The molecule has 0 bridgehead atoms. The van der Waals surface area contributed by atoms with Crippen molar-refractivity contribution in [1.82, 2.24) is 14.3 Å². The molecule has 2 heterocycles. The number of nitriles is 1. The van der Waals surface area contributed by atoms with Gasteiger partial charge in [0.05, 0.1) is 37.5 Å². The van der Waals surface area contributed by atoms with E-state index in [-0.39, 0.29) is 23.5 Å². The number of benzene rings is 2. The number of piperazine rings is 1. The number of hydrogen-bond acceptors (Lipinski definition) is 9. The molecule has 182 valence electrons. The molecule has 0 N–H and O–H groups in total. The number of nitrogens with zero attached hydrogens (tertiary/aromatic N) is 5. The summed E-state index contributed by atoms with van der Waals surface area (Å²) >= 11 is 0. The highest BCUT2D eigenvalue weighted by Crippen LogP contribution is 2.41. The van der Waals surface area contributed by atoms with Gasteiger partial charge in [0.2, 0.25) is 21.7 Å². The lowest BCUT2D eigenvalue weighted by Crippen LogP contribution is -2.49. The largest absolute Gasteiger partial charge is 0.493 e. The predicted molar refractivity (Wildman–Crippen MR) is 129 cm³/mol. The van der Waals surface area contributed by atoms with Crippen LogP contribution < -0.4 is 19.1 Å². The number of aromatic nitrogens is 2. The van der Waals surface area contributed by atoms with Gasteiger partial charge in [-0.25, -0.2) is 18.4 Å². The molecule has 0 saturated carbocycles. The number of hydrogen-bond donors (Lipinski definition) is 0. The first-order valence-electron chi connectivity index (χ1n) is 10.8. The zero-order valence-electron chi connectivity index (χ0n) is 19.6. The lowest BCUT2D eigenvalue weighted by molar-refractivity contribution is 0.324. The van der Waals surface area contributed by atoms with E-state index in [4.69, 9.17) is 19.2 Å². The fourth-order valence-corrected chi connectivity index (χ4v) is 5.51. The van der Waals surface area contributed by atoms with E-state index in [1.165, 1.54) is 16.4 Å². The van der Waals surface area contributed by atoms with Gasteiger partial charge in [0.25, 0.3) is 0 Å². The maximum absolute atomic E-state index is 13.1. The Balaban J connectivity index is 1.55. The third-order valence-corrected chi connectivity index (χ3v) is 7.71. The van der Waals surface area contributed by atoms with Crippen LogP contribution in [0.2, 0.25) is 0 Å². The molecule has 1 aromatic heterocycles. The molecule has 0 radical (unpaired) electrons. The number of methoxy groups -OCH3 is 3. The van der Waals surface area contributed by atoms with Gasteiger partial charge in [-0.1, -0.05) is 12.1 Å². The summed E-state index contributed by atoms with van der Waals surface area (Å²) in [6.07, 6.45) is 1.66. The van der Waals surface area contributed by atoms with E-state index in [9.17, 15) is 13.7 Å². The first-order valence-corrected chi connectivity index (χ1v) is 12.2. The van der Waals surface area contributed by atoms with E-state index < -0.39 is 10.0 Å². The Morgan fingerprint density at radius 2 is 1.60 bits per heavy atom. The minimum Gasteiger partial charge on any atom is -0.493 e. The van der Waals surface area contributed by atoms with E-state index in [0.29, 0.717) is 42.0 Å². The average Bonchev–Trinajstić information content (AvgIpc) is 2.92.